The van der Waals surface area contributed by atoms with Gasteiger partial charge in [-0.05, 0) is 77.5 Å². The van der Waals surface area contributed by atoms with Crippen LogP contribution >= 0.6 is 0 Å². The molecule has 100 valence electrons. The van der Waals surface area contributed by atoms with Crippen LogP contribution in [0.1, 0.15) is 38.5 Å². The van der Waals surface area contributed by atoms with E-state index in [9.17, 15) is 0 Å². The summed E-state index contributed by atoms with van der Waals surface area (Å²) < 4.78 is 0. The lowest BCUT2D eigenvalue weighted by Crippen LogP contribution is -2.45. The fourth-order valence-electron chi connectivity index (χ4n) is 3.59. The van der Waals surface area contributed by atoms with Crippen LogP contribution in [-0.2, 0) is 0 Å². The number of nitrogens with zero attached hydrogens (tertiary/aromatic N) is 1. The summed E-state index contributed by atoms with van der Waals surface area (Å²) >= 11 is 0. The first kappa shape index (κ1) is 13.3. The minimum absolute atomic E-state index is 0.460. The monoisotopic (exact) mass is 239 g/mol. The molecule has 3 heteroatoms. The minimum atomic E-state index is 0.460. The van der Waals surface area contributed by atoms with Crippen LogP contribution in [-0.4, -0.2) is 44.2 Å². The quantitative estimate of drug-likeness (QED) is 0.783. The maximum absolute atomic E-state index is 6.52. The molecule has 2 rings (SSSR count). The second kappa shape index (κ2) is 6.17. The Morgan fingerprint density at radius 2 is 1.53 bits per heavy atom. The summed E-state index contributed by atoms with van der Waals surface area (Å²) in [4.78, 5) is 2.43. The van der Waals surface area contributed by atoms with Crippen molar-refractivity contribution < 1.29 is 0 Å². The van der Waals surface area contributed by atoms with E-state index >= 15 is 0 Å². The Hall–Kier alpha value is -0.120. The van der Waals surface area contributed by atoms with E-state index in [4.69, 9.17) is 5.73 Å². The fourth-order valence-corrected chi connectivity index (χ4v) is 3.59. The van der Waals surface area contributed by atoms with Crippen molar-refractivity contribution in [3.05, 3.63) is 0 Å². The van der Waals surface area contributed by atoms with Crippen molar-refractivity contribution in [2.45, 2.75) is 50.6 Å². The first-order valence-electron chi connectivity index (χ1n) is 7.32. The maximum atomic E-state index is 6.52. The van der Waals surface area contributed by atoms with Gasteiger partial charge in [0.2, 0.25) is 0 Å². The molecule has 0 aromatic carbocycles. The van der Waals surface area contributed by atoms with Crippen molar-refractivity contribution in [2.75, 3.05) is 27.2 Å². The van der Waals surface area contributed by atoms with Crippen LogP contribution in [0.25, 0.3) is 0 Å². The molecule has 1 saturated carbocycles. The Labute approximate surface area is 106 Å². The van der Waals surface area contributed by atoms with E-state index in [0.29, 0.717) is 6.04 Å². The van der Waals surface area contributed by atoms with Gasteiger partial charge < -0.3 is 16.0 Å². The molecule has 1 atom stereocenters. The zero-order valence-corrected chi connectivity index (χ0v) is 11.5. The van der Waals surface area contributed by atoms with Gasteiger partial charge in [0.1, 0.15) is 0 Å². The standard InChI is InChI=1S/C14H29N3/c1-16-13-5-3-11(4-6-13)14(15)12-7-9-17(2)10-8-12/h11-14,16H,3-10,15H2,1-2H3. The van der Waals surface area contributed by atoms with E-state index < -0.39 is 0 Å². The second-order valence-corrected chi connectivity index (χ2v) is 6.12. The molecule has 1 aliphatic heterocycles. The van der Waals surface area contributed by atoms with Crippen LogP contribution in [0.15, 0.2) is 0 Å². The average Bonchev–Trinajstić information content (AvgIpc) is 2.39. The van der Waals surface area contributed by atoms with Crippen molar-refractivity contribution in [3.63, 3.8) is 0 Å². The summed E-state index contributed by atoms with van der Waals surface area (Å²) in [5.74, 6) is 1.57. The molecular weight excluding hydrogens is 210 g/mol. The number of likely N-dealkylation sites (tertiary alicyclic amines) is 1. The van der Waals surface area contributed by atoms with Gasteiger partial charge in [0.25, 0.3) is 0 Å². The van der Waals surface area contributed by atoms with Crippen molar-refractivity contribution in [2.24, 2.45) is 17.6 Å². The largest absolute Gasteiger partial charge is 0.327 e. The van der Waals surface area contributed by atoms with Gasteiger partial charge in [-0.2, -0.15) is 0 Å². The van der Waals surface area contributed by atoms with Gasteiger partial charge in [-0.25, -0.2) is 0 Å². The first-order valence-corrected chi connectivity index (χ1v) is 7.32. The van der Waals surface area contributed by atoms with E-state index in [1.165, 1.54) is 51.6 Å². The van der Waals surface area contributed by atoms with Crippen LogP contribution in [0.2, 0.25) is 0 Å². The van der Waals surface area contributed by atoms with Crippen molar-refractivity contribution in [3.8, 4) is 0 Å². The van der Waals surface area contributed by atoms with Gasteiger partial charge in [0.15, 0.2) is 0 Å². The summed E-state index contributed by atoms with van der Waals surface area (Å²) in [5.41, 5.74) is 6.52. The van der Waals surface area contributed by atoms with Crippen LogP contribution in [0, 0.1) is 11.8 Å². The van der Waals surface area contributed by atoms with Gasteiger partial charge in [0.05, 0.1) is 0 Å². The molecule has 1 aliphatic carbocycles. The number of piperidine rings is 1. The molecule has 0 spiro atoms. The molecule has 0 bridgehead atoms. The predicted molar refractivity (Wildman–Crippen MR) is 73.0 cm³/mol. The lowest BCUT2D eigenvalue weighted by atomic mass is 9.75. The second-order valence-electron chi connectivity index (χ2n) is 6.12. The lowest BCUT2D eigenvalue weighted by molar-refractivity contribution is 0.151. The molecule has 1 unspecified atom stereocenters. The molecule has 0 aromatic heterocycles. The van der Waals surface area contributed by atoms with Gasteiger partial charge in [-0.15, -0.1) is 0 Å². The van der Waals surface area contributed by atoms with Crippen molar-refractivity contribution >= 4 is 0 Å². The lowest BCUT2D eigenvalue weighted by Gasteiger charge is -2.39. The number of nitrogens with one attached hydrogen (secondary N) is 1. The Kier molecular flexibility index (Phi) is 4.83. The zero-order valence-electron chi connectivity index (χ0n) is 11.5. The molecule has 0 aromatic rings. The summed E-state index contributed by atoms with van der Waals surface area (Å²) in [6.07, 6.45) is 7.92. The normalized spacial score (nSPS) is 34.8. The molecule has 1 saturated heterocycles. The van der Waals surface area contributed by atoms with Gasteiger partial charge in [0, 0.05) is 12.1 Å². The van der Waals surface area contributed by atoms with Gasteiger partial charge >= 0.3 is 0 Å². The number of rotatable bonds is 3. The minimum Gasteiger partial charge on any atom is -0.327 e. The number of hydrogen-bond donors (Lipinski definition) is 2. The molecule has 0 radical (unpaired) electrons. The van der Waals surface area contributed by atoms with Crippen molar-refractivity contribution in [1.82, 2.24) is 10.2 Å². The van der Waals surface area contributed by atoms with E-state index in [-0.39, 0.29) is 0 Å². The highest BCUT2D eigenvalue weighted by Crippen LogP contribution is 2.32. The number of nitrogens with two attached hydrogens (primary N) is 1. The Bertz CT molecular complexity index is 216. The van der Waals surface area contributed by atoms with Crippen molar-refractivity contribution in [1.29, 1.82) is 0 Å². The number of hydrogen-bond acceptors (Lipinski definition) is 3. The molecule has 1 heterocycles. The SMILES string of the molecule is CNC1CCC(C(N)C2CCN(C)CC2)CC1. The molecule has 2 aliphatic rings. The van der Waals surface area contributed by atoms with Crippen LogP contribution < -0.4 is 11.1 Å². The highest BCUT2D eigenvalue weighted by Gasteiger charge is 2.31. The first-order chi connectivity index (χ1) is 8.20. The molecule has 3 N–H and O–H groups in total. The van der Waals surface area contributed by atoms with E-state index in [2.05, 4.69) is 24.3 Å². The van der Waals surface area contributed by atoms with E-state index in [1.54, 1.807) is 0 Å². The summed E-state index contributed by atoms with van der Waals surface area (Å²) in [6, 6.07) is 1.21. The molecule has 2 fully saturated rings. The molecule has 17 heavy (non-hydrogen) atoms. The smallest absolute Gasteiger partial charge is 0.00966 e. The van der Waals surface area contributed by atoms with Gasteiger partial charge in [-0.3, -0.25) is 0 Å². The third-order valence-corrected chi connectivity index (χ3v) is 5.03. The zero-order chi connectivity index (χ0) is 12.3. The third-order valence-electron chi connectivity index (χ3n) is 5.03. The Morgan fingerprint density at radius 3 is 2.06 bits per heavy atom. The fraction of sp³-hybridized carbons (Fsp3) is 1.00. The highest BCUT2D eigenvalue weighted by molar-refractivity contribution is 4.87. The van der Waals surface area contributed by atoms with Crippen LogP contribution in [0.5, 0.6) is 0 Å². The van der Waals surface area contributed by atoms with E-state index in [1.807, 2.05) is 0 Å². The Morgan fingerprint density at radius 1 is 1.00 bits per heavy atom. The van der Waals surface area contributed by atoms with E-state index in [0.717, 1.165) is 17.9 Å². The van der Waals surface area contributed by atoms with Crippen LogP contribution in [0.4, 0.5) is 0 Å². The van der Waals surface area contributed by atoms with Gasteiger partial charge in [-0.1, -0.05) is 0 Å². The maximum Gasteiger partial charge on any atom is 0.00966 e. The average molecular weight is 239 g/mol. The summed E-state index contributed by atoms with van der Waals surface area (Å²) in [6.45, 7) is 2.48. The third kappa shape index (κ3) is 3.43. The Balaban J connectivity index is 1.78. The topological polar surface area (TPSA) is 41.3 Å². The summed E-state index contributed by atoms with van der Waals surface area (Å²) in [5, 5.41) is 3.40. The molecule has 0 amide bonds. The molecule has 3 nitrogen and oxygen atoms in total. The predicted octanol–water partition coefficient (Wildman–Crippen LogP) is 1.43. The van der Waals surface area contributed by atoms with Crippen LogP contribution in [0.3, 0.4) is 0 Å². The summed E-state index contributed by atoms with van der Waals surface area (Å²) in [7, 11) is 4.31. The highest BCUT2D eigenvalue weighted by atomic mass is 15.1. The molecular formula is C14H29N3.